The predicted molar refractivity (Wildman–Crippen MR) is 148 cm³/mol. The highest BCUT2D eigenvalue weighted by Gasteiger charge is 2.44. The van der Waals surface area contributed by atoms with E-state index in [2.05, 4.69) is 70.3 Å². The maximum atomic E-state index is 5.90. The third-order valence-corrected chi connectivity index (χ3v) is 8.33. The summed E-state index contributed by atoms with van der Waals surface area (Å²) in [5, 5.41) is 12.8. The maximum Gasteiger partial charge on any atom is 0.212 e. The summed E-state index contributed by atoms with van der Waals surface area (Å²) in [4.78, 5) is 14.2. The van der Waals surface area contributed by atoms with E-state index < -0.39 is 0 Å². The fraction of sp³-hybridized carbons (Fsp3) is 0.333. The van der Waals surface area contributed by atoms with E-state index in [0.717, 1.165) is 63.5 Å². The molecule has 5 aromatic heterocycles. The van der Waals surface area contributed by atoms with Crippen LogP contribution in [0.15, 0.2) is 53.5 Å². The molecule has 8 rings (SSSR count). The van der Waals surface area contributed by atoms with Crippen molar-refractivity contribution in [3.8, 4) is 22.8 Å². The lowest BCUT2D eigenvalue weighted by molar-refractivity contribution is -0.00876. The Labute approximate surface area is 227 Å². The Morgan fingerprint density at radius 1 is 1.08 bits per heavy atom. The van der Waals surface area contributed by atoms with Crippen LogP contribution in [0.5, 0.6) is 11.6 Å². The number of methoxy groups -OCH3 is 1. The second-order valence-corrected chi connectivity index (χ2v) is 10.5. The first-order chi connectivity index (χ1) is 18.6. The summed E-state index contributed by atoms with van der Waals surface area (Å²) in [6.07, 6.45) is 6.91. The van der Waals surface area contributed by atoms with Gasteiger partial charge in [-0.3, -0.25) is 10.00 Å². The average molecular weight is 575 g/mol. The Morgan fingerprint density at radius 2 is 1.95 bits per heavy atom. The summed E-state index contributed by atoms with van der Waals surface area (Å²) in [7, 11) is 1.64. The minimum absolute atomic E-state index is 0.526. The molecule has 1 N–H and O–H groups in total. The van der Waals surface area contributed by atoms with Crippen molar-refractivity contribution in [2.45, 2.75) is 32.0 Å². The standard InChI is InChI=1S/C27H27BrN8O2/c1-3-38-22-9-20(25-21-12-31-32-27(21)33-36(25)26(22)28)17-5-6-23(29-11-17)34-14-18-8-19(15-34)35(18)13-16-4-7-24(37-2)30-10-16/h4-7,9-12,18-19H,3,8,13-15H2,1-2H3,(H,32,33). The molecule has 3 saturated heterocycles. The largest absolute Gasteiger partial charge is 0.491 e. The van der Waals surface area contributed by atoms with Crippen LogP contribution in [0.1, 0.15) is 18.9 Å². The highest BCUT2D eigenvalue weighted by atomic mass is 79.9. The van der Waals surface area contributed by atoms with E-state index in [1.165, 1.54) is 12.0 Å². The number of ether oxygens (including phenoxy) is 2. The first-order valence-electron chi connectivity index (χ1n) is 12.8. The van der Waals surface area contributed by atoms with Crippen LogP contribution in [0.3, 0.4) is 0 Å². The first-order valence-corrected chi connectivity index (χ1v) is 13.6. The van der Waals surface area contributed by atoms with E-state index in [-0.39, 0.29) is 0 Å². The fourth-order valence-electron chi connectivity index (χ4n) is 5.74. The van der Waals surface area contributed by atoms with E-state index in [4.69, 9.17) is 14.5 Å². The maximum absolute atomic E-state index is 5.90. The molecule has 11 heteroatoms. The molecule has 0 aromatic carbocycles. The van der Waals surface area contributed by atoms with Crippen LogP contribution in [0.4, 0.5) is 5.82 Å². The van der Waals surface area contributed by atoms with E-state index in [1.807, 2.05) is 36.1 Å². The van der Waals surface area contributed by atoms with Crippen molar-refractivity contribution in [1.82, 2.24) is 34.7 Å². The van der Waals surface area contributed by atoms with Gasteiger partial charge in [0.25, 0.3) is 0 Å². The van der Waals surface area contributed by atoms with Gasteiger partial charge in [-0.05, 0) is 53.0 Å². The number of hydrogen-bond acceptors (Lipinski definition) is 8. The molecule has 0 spiro atoms. The van der Waals surface area contributed by atoms with Crippen LogP contribution >= 0.6 is 15.9 Å². The van der Waals surface area contributed by atoms with Crippen LogP contribution in [0.2, 0.25) is 0 Å². The monoisotopic (exact) mass is 574 g/mol. The minimum Gasteiger partial charge on any atom is -0.491 e. The predicted octanol–water partition coefficient (Wildman–Crippen LogP) is 4.30. The van der Waals surface area contributed by atoms with Crippen LogP contribution in [-0.2, 0) is 6.54 Å². The smallest absolute Gasteiger partial charge is 0.212 e. The van der Waals surface area contributed by atoms with Gasteiger partial charge in [0.1, 0.15) is 10.4 Å². The van der Waals surface area contributed by atoms with Crippen molar-refractivity contribution in [3.05, 3.63) is 59.1 Å². The highest BCUT2D eigenvalue weighted by Crippen LogP contribution is 2.39. The summed E-state index contributed by atoms with van der Waals surface area (Å²) < 4.78 is 13.7. The molecule has 0 amide bonds. The average Bonchev–Trinajstić information content (AvgIpc) is 3.56. The zero-order valence-corrected chi connectivity index (χ0v) is 22.7. The number of nitrogens with one attached hydrogen (secondary N) is 1. The van der Waals surface area contributed by atoms with Crippen LogP contribution < -0.4 is 14.4 Å². The van der Waals surface area contributed by atoms with Crippen molar-refractivity contribution in [2.24, 2.45) is 0 Å². The molecular formula is C27H27BrN8O2. The number of piperazine rings is 1. The van der Waals surface area contributed by atoms with E-state index >= 15 is 0 Å². The van der Waals surface area contributed by atoms with Gasteiger partial charge in [0, 0.05) is 61.3 Å². The summed E-state index contributed by atoms with van der Waals surface area (Å²) in [6.45, 7) is 5.40. The van der Waals surface area contributed by atoms with E-state index in [1.54, 1.807) is 7.11 Å². The lowest BCUT2D eigenvalue weighted by Gasteiger charge is -2.56. The number of anilines is 1. The van der Waals surface area contributed by atoms with Crippen LogP contribution in [0.25, 0.3) is 27.7 Å². The lowest BCUT2D eigenvalue weighted by atomic mass is 9.87. The zero-order valence-electron chi connectivity index (χ0n) is 21.1. The molecule has 194 valence electrons. The normalized spacial score (nSPS) is 19.2. The number of aromatic amines is 1. The molecular weight excluding hydrogens is 548 g/mol. The van der Waals surface area contributed by atoms with Crippen molar-refractivity contribution >= 4 is 38.3 Å². The molecule has 3 aliphatic heterocycles. The van der Waals surface area contributed by atoms with Gasteiger partial charge in [-0.25, -0.2) is 14.5 Å². The number of nitrogens with zero attached hydrogens (tertiary/aromatic N) is 7. The quantitative estimate of drug-likeness (QED) is 0.287. The number of halogens is 1. The Hall–Kier alpha value is -3.70. The van der Waals surface area contributed by atoms with Gasteiger partial charge in [-0.1, -0.05) is 6.07 Å². The number of aromatic nitrogens is 6. The number of hydrogen-bond donors (Lipinski definition) is 1. The number of fused-ring (bicyclic) bond motifs is 5. The molecule has 0 radical (unpaired) electrons. The van der Waals surface area contributed by atoms with Gasteiger partial charge in [0.2, 0.25) is 5.88 Å². The molecule has 0 saturated carbocycles. The third-order valence-electron chi connectivity index (χ3n) is 7.61. The molecule has 8 heterocycles. The van der Waals surface area contributed by atoms with Gasteiger partial charge < -0.3 is 14.4 Å². The van der Waals surface area contributed by atoms with Crippen molar-refractivity contribution in [1.29, 1.82) is 0 Å². The summed E-state index contributed by atoms with van der Waals surface area (Å²) in [5.74, 6) is 2.40. The fourth-order valence-corrected chi connectivity index (χ4v) is 6.22. The van der Waals surface area contributed by atoms with Crippen molar-refractivity contribution in [2.75, 3.05) is 31.7 Å². The van der Waals surface area contributed by atoms with E-state index in [9.17, 15) is 0 Å². The van der Waals surface area contributed by atoms with Gasteiger partial charge in [-0.2, -0.15) is 5.10 Å². The van der Waals surface area contributed by atoms with Crippen LogP contribution in [0, 0.1) is 0 Å². The Morgan fingerprint density at radius 3 is 2.66 bits per heavy atom. The van der Waals surface area contributed by atoms with Gasteiger partial charge in [0.05, 0.1) is 30.8 Å². The molecule has 10 nitrogen and oxygen atoms in total. The SMILES string of the molecule is CCOc1cc(-c2ccc(N3CC4CC(C3)N4Cc3ccc(OC)nc3)nc2)c2c3cn[nH]c3nn2c1Br. The molecule has 38 heavy (non-hydrogen) atoms. The number of piperidine rings is 1. The second kappa shape index (κ2) is 9.25. The second-order valence-electron chi connectivity index (χ2n) is 9.77. The van der Waals surface area contributed by atoms with Gasteiger partial charge >= 0.3 is 0 Å². The van der Waals surface area contributed by atoms with Crippen molar-refractivity contribution in [3.63, 3.8) is 0 Å². The molecule has 2 atom stereocenters. The highest BCUT2D eigenvalue weighted by molar-refractivity contribution is 9.10. The zero-order chi connectivity index (χ0) is 25.8. The number of H-pyrrole nitrogens is 1. The number of rotatable bonds is 7. The first kappa shape index (κ1) is 23.4. The topological polar surface area (TPSA) is 96.7 Å². The summed E-state index contributed by atoms with van der Waals surface area (Å²) in [5.41, 5.74) is 4.91. The minimum atomic E-state index is 0.526. The molecule has 3 aliphatic rings. The molecule has 0 aliphatic carbocycles. The van der Waals surface area contributed by atoms with Gasteiger partial charge in [0.15, 0.2) is 11.4 Å². The van der Waals surface area contributed by atoms with Crippen LogP contribution in [-0.4, -0.2) is 73.6 Å². The lowest BCUT2D eigenvalue weighted by Crippen LogP contribution is -2.68. The third kappa shape index (κ3) is 3.80. The molecule has 3 fully saturated rings. The Kier molecular flexibility index (Phi) is 5.70. The van der Waals surface area contributed by atoms with E-state index in [0.29, 0.717) is 24.6 Å². The summed E-state index contributed by atoms with van der Waals surface area (Å²) in [6, 6.07) is 11.4. The molecule has 2 unspecified atom stereocenters. The Bertz CT molecular complexity index is 1600. The number of pyridine rings is 3. The Balaban J connectivity index is 1.13. The van der Waals surface area contributed by atoms with Crippen molar-refractivity contribution < 1.29 is 9.47 Å². The molecule has 2 bridgehead atoms. The summed E-state index contributed by atoms with van der Waals surface area (Å²) >= 11 is 3.66. The molecule has 5 aromatic rings. The van der Waals surface area contributed by atoms with Gasteiger partial charge in [-0.15, -0.1) is 5.10 Å².